The van der Waals surface area contributed by atoms with Gasteiger partial charge in [0.25, 0.3) is 5.56 Å². The number of rotatable bonds is 4. The van der Waals surface area contributed by atoms with Gasteiger partial charge in [-0.1, -0.05) is 29.5 Å². The first-order chi connectivity index (χ1) is 12.3. The lowest BCUT2D eigenvalue weighted by atomic mass is 10.1. The van der Waals surface area contributed by atoms with Crippen LogP contribution in [0.4, 0.5) is 5.69 Å². The predicted octanol–water partition coefficient (Wildman–Crippen LogP) is 3.96. The standard InChI is InChI=1S/C19H21N3O2S2/c1-10-6-7-14(11(2)8-10)20-15(23)9-25-19-21-17-16(18(24)22(19)5)12(3)13(4)26-17/h6-8H,9H2,1-5H3,(H,20,23). The maximum atomic E-state index is 12.6. The van der Waals surface area contributed by atoms with Gasteiger partial charge in [-0.2, -0.15) is 0 Å². The van der Waals surface area contributed by atoms with Gasteiger partial charge in [-0.3, -0.25) is 14.2 Å². The van der Waals surface area contributed by atoms with Crippen molar-refractivity contribution in [2.45, 2.75) is 32.9 Å². The SMILES string of the molecule is Cc1ccc(NC(=O)CSc2nc3sc(C)c(C)c3c(=O)n2C)c(C)c1. The fourth-order valence-corrected chi connectivity index (χ4v) is 4.60. The fraction of sp³-hybridized carbons (Fsp3) is 0.316. The van der Waals surface area contributed by atoms with Gasteiger partial charge in [-0.05, 0) is 44.9 Å². The first-order valence-electron chi connectivity index (χ1n) is 8.24. The number of nitrogens with zero attached hydrogens (tertiary/aromatic N) is 2. The lowest BCUT2D eigenvalue weighted by Gasteiger charge is -2.10. The average molecular weight is 388 g/mol. The molecule has 1 aromatic carbocycles. The van der Waals surface area contributed by atoms with E-state index in [0.717, 1.165) is 32.1 Å². The minimum absolute atomic E-state index is 0.0610. The zero-order chi connectivity index (χ0) is 19.0. The van der Waals surface area contributed by atoms with E-state index in [1.54, 1.807) is 7.05 Å². The summed E-state index contributed by atoms with van der Waals surface area (Å²) in [5.74, 6) is 0.0810. The van der Waals surface area contributed by atoms with E-state index in [2.05, 4.69) is 10.3 Å². The summed E-state index contributed by atoms with van der Waals surface area (Å²) < 4.78 is 1.52. The molecule has 136 valence electrons. The van der Waals surface area contributed by atoms with Crippen LogP contribution in [0.3, 0.4) is 0 Å². The Balaban J connectivity index is 1.78. The second kappa shape index (κ2) is 7.25. The van der Waals surface area contributed by atoms with Crippen molar-refractivity contribution >= 4 is 44.9 Å². The second-order valence-electron chi connectivity index (χ2n) is 6.38. The van der Waals surface area contributed by atoms with Gasteiger partial charge in [-0.25, -0.2) is 4.98 Å². The van der Waals surface area contributed by atoms with Crippen molar-refractivity contribution in [3.63, 3.8) is 0 Å². The lowest BCUT2D eigenvalue weighted by molar-refractivity contribution is -0.113. The maximum Gasteiger partial charge on any atom is 0.262 e. The summed E-state index contributed by atoms with van der Waals surface area (Å²) in [6.45, 7) is 7.92. The quantitative estimate of drug-likeness (QED) is 0.544. The molecule has 2 heterocycles. The van der Waals surface area contributed by atoms with E-state index >= 15 is 0 Å². The molecule has 3 aromatic rings. The summed E-state index contributed by atoms with van der Waals surface area (Å²) in [6.07, 6.45) is 0. The number of fused-ring (bicyclic) bond motifs is 1. The number of amides is 1. The lowest BCUT2D eigenvalue weighted by Crippen LogP contribution is -2.21. The first kappa shape index (κ1) is 18.7. The Morgan fingerprint density at radius 2 is 2.00 bits per heavy atom. The summed E-state index contributed by atoms with van der Waals surface area (Å²) in [7, 11) is 1.70. The minimum Gasteiger partial charge on any atom is -0.325 e. The number of nitrogens with one attached hydrogen (secondary N) is 1. The number of hydrogen-bond acceptors (Lipinski definition) is 5. The molecule has 0 aliphatic heterocycles. The molecular formula is C19H21N3O2S2. The molecule has 1 N–H and O–H groups in total. The molecule has 0 saturated heterocycles. The van der Waals surface area contributed by atoms with Gasteiger partial charge in [0.05, 0.1) is 11.1 Å². The Kier molecular flexibility index (Phi) is 5.20. The van der Waals surface area contributed by atoms with Crippen LogP contribution in [0.1, 0.15) is 21.6 Å². The van der Waals surface area contributed by atoms with Gasteiger partial charge < -0.3 is 5.32 Å². The van der Waals surface area contributed by atoms with Gasteiger partial charge >= 0.3 is 0 Å². The predicted molar refractivity (Wildman–Crippen MR) is 110 cm³/mol. The van der Waals surface area contributed by atoms with E-state index in [1.807, 2.05) is 45.9 Å². The Labute approximate surface area is 160 Å². The molecule has 3 rings (SSSR count). The summed E-state index contributed by atoms with van der Waals surface area (Å²) in [4.78, 5) is 31.3. The number of benzene rings is 1. The molecule has 0 bridgehead atoms. The molecule has 26 heavy (non-hydrogen) atoms. The molecule has 0 saturated carbocycles. The normalized spacial score (nSPS) is 11.1. The Morgan fingerprint density at radius 3 is 2.69 bits per heavy atom. The molecule has 0 unspecified atom stereocenters. The summed E-state index contributed by atoms with van der Waals surface area (Å²) in [5, 5.41) is 4.15. The van der Waals surface area contributed by atoms with Crippen LogP contribution in [0.2, 0.25) is 0 Å². The largest absolute Gasteiger partial charge is 0.325 e. The molecule has 0 radical (unpaired) electrons. The van der Waals surface area contributed by atoms with Crippen LogP contribution in [0.15, 0.2) is 28.2 Å². The number of thioether (sulfide) groups is 1. The number of aromatic nitrogens is 2. The highest BCUT2D eigenvalue weighted by atomic mass is 32.2. The van der Waals surface area contributed by atoms with Crippen molar-refractivity contribution < 1.29 is 4.79 Å². The van der Waals surface area contributed by atoms with Crippen molar-refractivity contribution in [2.75, 3.05) is 11.1 Å². The molecule has 2 aromatic heterocycles. The fourth-order valence-electron chi connectivity index (χ4n) is 2.76. The summed E-state index contributed by atoms with van der Waals surface area (Å²) in [6, 6.07) is 5.91. The number of thiophene rings is 1. The third-order valence-electron chi connectivity index (χ3n) is 4.36. The number of carbonyl (C=O) groups excluding carboxylic acids is 1. The van der Waals surface area contributed by atoms with Crippen LogP contribution in [-0.4, -0.2) is 21.2 Å². The Hall–Kier alpha value is -2.12. The smallest absolute Gasteiger partial charge is 0.262 e. The van der Waals surface area contributed by atoms with E-state index in [-0.39, 0.29) is 17.2 Å². The van der Waals surface area contributed by atoms with Crippen LogP contribution in [0, 0.1) is 27.7 Å². The van der Waals surface area contributed by atoms with Gasteiger partial charge in [-0.15, -0.1) is 11.3 Å². The van der Waals surface area contributed by atoms with Crippen molar-refractivity contribution in [1.82, 2.24) is 9.55 Å². The average Bonchev–Trinajstić information content (AvgIpc) is 2.86. The van der Waals surface area contributed by atoms with Gasteiger partial charge in [0.1, 0.15) is 4.83 Å². The topological polar surface area (TPSA) is 64.0 Å². The highest BCUT2D eigenvalue weighted by Crippen LogP contribution is 2.28. The van der Waals surface area contributed by atoms with Gasteiger partial charge in [0.15, 0.2) is 5.16 Å². The van der Waals surface area contributed by atoms with Crippen molar-refractivity contribution in [2.24, 2.45) is 7.05 Å². The highest BCUT2D eigenvalue weighted by Gasteiger charge is 2.16. The molecular weight excluding hydrogens is 366 g/mol. The number of aryl methyl sites for hydroxylation is 4. The summed E-state index contributed by atoms with van der Waals surface area (Å²) >= 11 is 2.79. The minimum atomic E-state index is -0.116. The van der Waals surface area contributed by atoms with E-state index in [9.17, 15) is 9.59 Å². The molecule has 5 nitrogen and oxygen atoms in total. The van der Waals surface area contributed by atoms with Crippen molar-refractivity contribution in [3.05, 3.63) is 50.1 Å². The first-order valence-corrected chi connectivity index (χ1v) is 10.0. The van der Waals surface area contributed by atoms with E-state index < -0.39 is 0 Å². The molecule has 7 heteroatoms. The highest BCUT2D eigenvalue weighted by molar-refractivity contribution is 7.99. The molecule has 0 fully saturated rings. The second-order valence-corrected chi connectivity index (χ2v) is 8.52. The summed E-state index contributed by atoms with van der Waals surface area (Å²) in [5.41, 5.74) is 3.92. The van der Waals surface area contributed by atoms with E-state index in [4.69, 9.17) is 0 Å². The van der Waals surface area contributed by atoms with Gasteiger partial charge in [0, 0.05) is 17.6 Å². The third-order valence-corrected chi connectivity index (χ3v) is 6.49. The molecule has 0 aliphatic carbocycles. The van der Waals surface area contributed by atoms with Crippen molar-refractivity contribution in [3.8, 4) is 0 Å². The maximum absolute atomic E-state index is 12.6. The van der Waals surface area contributed by atoms with Crippen LogP contribution < -0.4 is 10.9 Å². The monoisotopic (exact) mass is 387 g/mol. The third kappa shape index (κ3) is 3.54. The molecule has 0 aliphatic rings. The van der Waals surface area contributed by atoms with Gasteiger partial charge in [0.2, 0.25) is 5.91 Å². The van der Waals surface area contributed by atoms with Crippen molar-refractivity contribution in [1.29, 1.82) is 0 Å². The van der Waals surface area contributed by atoms with Crippen LogP contribution in [0.5, 0.6) is 0 Å². The zero-order valence-corrected chi connectivity index (χ0v) is 17.1. The number of hydrogen-bond donors (Lipinski definition) is 1. The van der Waals surface area contributed by atoms with E-state index in [0.29, 0.717) is 10.5 Å². The number of carbonyl (C=O) groups is 1. The van der Waals surface area contributed by atoms with Crippen LogP contribution in [-0.2, 0) is 11.8 Å². The zero-order valence-electron chi connectivity index (χ0n) is 15.5. The van der Waals surface area contributed by atoms with Crippen LogP contribution >= 0.6 is 23.1 Å². The molecule has 0 spiro atoms. The Morgan fingerprint density at radius 1 is 1.27 bits per heavy atom. The number of anilines is 1. The molecule has 1 amide bonds. The Bertz CT molecular complexity index is 1070. The van der Waals surface area contributed by atoms with Crippen LogP contribution in [0.25, 0.3) is 10.2 Å². The molecule has 0 atom stereocenters. The van der Waals surface area contributed by atoms with E-state index in [1.165, 1.54) is 27.7 Å².